The summed E-state index contributed by atoms with van der Waals surface area (Å²) in [5.74, 6) is 5.61. The molecule has 2 aliphatic heterocycles. The summed E-state index contributed by atoms with van der Waals surface area (Å²) < 4.78 is 29.1. The van der Waals surface area contributed by atoms with E-state index in [-0.39, 0.29) is 49.9 Å². The highest BCUT2D eigenvalue weighted by atomic mass is 31.2. The number of hydrogen-bond donors (Lipinski definition) is 2. The van der Waals surface area contributed by atoms with Crippen molar-refractivity contribution in [3.63, 3.8) is 0 Å². The van der Waals surface area contributed by atoms with Crippen molar-refractivity contribution >= 4 is 14.4 Å². The van der Waals surface area contributed by atoms with Gasteiger partial charge in [0.2, 0.25) is 12.5 Å². The molecule has 3 heterocycles. The highest BCUT2D eigenvalue weighted by Crippen LogP contribution is 2.55. The first-order valence-electron chi connectivity index (χ1n) is 20.7. The van der Waals surface area contributed by atoms with Crippen molar-refractivity contribution < 1.29 is 23.3 Å². The fourth-order valence-electron chi connectivity index (χ4n) is 7.28. The lowest BCUT2D eigenvalue weighted by Gasteiger charge is -2.38. The Hall–Kier alpha value is -2.57. The Morgan fingerprint density at radius 2 is 1.61 bits per heavy atom. The Labute approximate surface area is 325 Å². The van der Waals surface area contributed by atoms with Crippen LogP contribution in [0.15, 0.2) is 15.8 Å². The summed E-state index contributed by atoms with van der Waals surface area (Å²) >= 11 is 0. The Morgan fingerprint density at radius 1 is 1.02 bits per heavy atom. The molecule has 2 aliphatic rings. The number of carbonyl (C=O) groups excluding carboxylic acids is 1. The van der Waals surface area contributed by atoms with E-state index in [1.165, 1.54) is 87.8 Å². The number of hydrogen-bond acceptors (Lipinski definition) is 8. The van der Waals surface area contributed by atoms with Crippen LogP contribution in [0.2, 0.25) is 0 Å². The topological polar surface area (TPSA) is 128 Å². The van der Waals surface area contributed by atoms with E-state index in [2.05, 4.69) is 66.3 Å². The number of aromatic amines is 1. The van der Waals surface area contributed by atoms with Crippen LogP contribution in [0.1, 0.15) is 162 Å². The number of nitrogens with zero attached hydrogens (tertiary/aromatic N) is 3. The van der Waals surface area contributed by atoms with Gasteiger partial charge in [-0.05, 0) is 40.5 Å². The van der Waals surface area contributed by atoms with Gasteiger partial charge in [0.1, 0.15) is 30.0 Å². The number of fused-ring (bicyclic) bond motifs is 2. The number of aromatic nitrogens is 2. The summed E-state index contributed by atoms with van der Waals surface area (Å²) in [4.78, 5) is 44.0. The van der Waals surface area contributed by atoms with Crippen LogP contribution < -0.4 is 16.6 Å². The van der Waals surface area contributed by atoms with Gasteiger partial charge in [-0.25, -0.2) is 16.0 Å². The minimum absolute atomic E-state index is 0.0622. The summed E-state index contributed by atoms with van der Waals surface area (Å²) in [6.45, 7) is 20.5. The summed E-state index contributed by atoms with van der Waals surface area (Å²) in [5, 5.41) is 2.82. The fraction of sp³-hybridized carbons (Fsp3) is 0.805. The number of unbranched alkanes of at least 4 members (excludes halogenated alkanes) is 14. The molecule has 5 atom stereocenters. The zero-order valence-electron chi connectivity index (χ0n) is 34.0. The first-order chi connectivity index (χ1) is 26.1. The Balaban J connectivity index is 1.47. The summed E-state index contributed by atoms with van der Waals surface area (Å²) in [6.07, 6.45) is 19.5. The Morgan fingerprint density at radius 3 is 2.17 bits per heavy atom. The largest absolute Gasteiger partial charge is 0.368 e. The van der Waals surface area contributed by atoms with E-state index in [1.807, 2.05) is 6.92 Å². The third-order valence-electron chi connectivity index (χ3n) is 10.3. The lowest BCUT2D eigenvalue weighted by molar-refractivity contribution is -0.175. The zero-order chi connectivity index (χ0) is 39.3. The third-order valence-corrected chi connectivity index (χ3v) is 12.4. The summed E-state index contributed by atoms with van der Waals surface area (Å²) in [7, 11) is -1.58. The number of H-pyrrole nitrogens is 1. The van der Waals surface area contributed by atoms with E-state index in [9.17, 15) is 14.4 Å². The molecule has 0 aliphatic carbocycles. The van der Waals surface area contributed by atoms with Gasteiger partial charge >= 0.3 is 5.69 Å². The van der Waals surface area contributed by atoms with Gasteiger partial charge in [0.15, 0.2) is 6.23 Å². The SMILES string of the molecule is [C-]#[N+]CCOP(O[C@H]1C2OC[C@@]1(CC)O[C@H]2n1cc(C#CCNC(=O)CCCCCCCCCCCCCCCCC)c(=O)[nH]c1=O)N(C(C)C)C(C)C. The molecule has 304 valence electrons. The molecule has 2 bridgehead atoms. The normalized spacial score (nSPS) is 21.1. The molecule has 0 aromatic carbocycles. The molecule has 2 N–H and O–H groups in total. The van der Waals surface area contributed by atoms with Gasteiger partial charge in [-0.3, -0.25) is 19.1 Å². The van der Waals surface area contributed by atoms with E-state index in [0.717, 1.165) is 19.3 Å². The zero-order valence-corrected chi connectivity index (χ0v) is 34.9. The van der Waals surface area contributed by atoms with E-state index in [1.54, 1.807) is 0 Å². The maximum absolute atomic E-state index is 13.1. The number of rotatable bonds is 27. The van der Waals surface area contributed by atoms with Gasteiger partial charge in [-0.1, -0.05) is 116 Å². The molecule has 1 aromatic heterocycles. The molecule has 13 heteroatoms. The van der Waals surface area contributed by atoms with E-state index < -0.39 is 43.8 Å². The predicted molar refractivity (Wildman–Crippen MR) is 215 cm³/mol. The first-order valence-corrected chi connectivity index (χ1v) is 21.8. The van der Waals surface area contributed by atoms with Crippen LogP contribution >= 0.6 is 8.53 Å². The number of carbonyl (C=O) groups is 1. The molecular weight excluding hydrogens is 705 g/mol. The van der Waals surface area contributed by atoms with Crippen molar-refractivity contribution in [3.8, 4) is 11.8 Å². The molecule has 0 radical (unpaired) electrons. The average molecular weight is 774 g/mol. The van der Waals surface area contributed by atoms with Crippen molar-refractivity contribution in [1.29, 1.82) is 0 Å². The van der Waals surface area contributed by atoms with E-state index in [4.69, 9.17) is 25.1 Å². The second-order valence-corrected chi connectivity index (χ2v) is 16.6. The van der Waals surface area contributed by atoms with E-state index >= 15 is 0 Å². The van der Waals surface area contributed by atoms with Crippen LogP contribution in [0.5, 0.6) is 0 Å². The molecule has 54 heavy (non-hydrogen) atoms. The molecule has 3 rings (SSSR count). The fourth-order valence-corrected chi connectivity index (χ4v) is 9.08. The maximum atomic E-state index is 13.1. The first kappa shape index (κ1) is 45.8. The minimum atomic E-state index is -1.58. The molecule has 2 fully saturated rings. The quantitative estimate of drug-likeness (QED) is 0.0399. The lowest BCUT2D eigenvalue weighted by Crippen LogP contribution is -2.43. The number of nitrogens with one attached hydrogen (secondary N) is 2. The molecule has 2 unspecified atom stereocenters. The van der Waals surface area contributed by atoms with Crippen LogP contribution in [-0.2, 0) is 23.3 Å². The summed E-state index contributed by atoms with van der Waals surface area (Å²) in [6, 6.07) is 0.222. The highest BCUT2D eigenvalue weighted by Gasteiger charge is 2.63. The highest BCUT2D eigenvalue weighted by molar-refractivity contribution is 7.44. The standard InChI is InChI=1S/C41H68N5O7P/c1-8-10-11-12-13-14-15-16-17-18-19-20-21-22-23-26-35(47)43-27-24-25-34-30-45(40(49)44-38(34)48)39-36-37(41(9-2,52-39)31-50-36)53-54(51-29-28-42-7)46(32(3)4)33(5)6/h30,32-33,36-37,39H,8-23,26-29,31H2,1-6H3,(H,43,47)(H,44,48,49)/t36?,37-,39+,41+,54?/m0/s1. The van der Waals surface area contributed by atoms with Gasteiger partial charge in [0.25, 0.3) is 14.1 Å². The van der Waals surface area contributed by atoms with Crippen LogP contribution in [-0.4, -0.2) is 76.3 Å². The smallest absolute Gasteiger partial charge is 0.330 e. The second-order valence-electron chi connectivity index (χ2n) is 15.2. The van der Waals surface area contributed by atoms with E-state index in [0.29, 0.717) is 12.8 Å². The van der Waals surface area contributed by atoms with Gasteiger partial charge in [0.05, 0.1) is 13.2 Å². The number of amides is 1. The maximum Gasteiger partial charge on any atom is 0.330 e. The Kier molecular flexibility index (Phi) is 21.1. The van der Waals surface area contributed by atoms with Crippen LogP contribution in [0, 0.1) is 18.4 Å². The lowest BCUT2D eigenvalue weighted by atomic mass is 9.96. The van der Waals surface area contributed by atoms with Gasteiger partial charge in [-0.15, -0.1) is 0 Å². The molecule has 0 saturated carbocycles. The number of ether oxygens (including phenoxy) is 2. The van der Waals surface area contributed by atoms with Crippen molar-refractivity contribution in [1.82, 2.24) is 19.5 Å². The van der Waals surface area contributed by atoms with Crippen molar-refractivity contribution in [3.05, 3.63) is 44.0 Å². The predicted octanol–water partition coefficient (Wildman–Crippen LogP) is 8.01. The molecule has 0 spiro atoms. The average Bonchev–Trinajstić information content (AvgIpc) is 3.63. The Bertz CT molecular complexity index is 1470. The van der Waals surface area contributed by atoms with Gasteiger partial charge in [-0.2, -0.15) is 0 Å². The molecule has 2 saturated heterocycles. The third kappa shape index (κ3) is 14.2. The van der Waals surface area contributed by atoms with Crippen LogP contribution in [0.3, 0.4) is 0 Å². The minimum Gasteiger partial charge on any atom is -0.368 e. The van der Waals surface area contributed by atoms with Crippen LogP contribution in [0.25, 0.3) is 4.85 Å². The van der Waals surface area contributed by atoms with Crippen LogP contribution in [0.4, 0.5) is 0 Å². The monoisotopic (exact) mass is 773 g/mol. The second kappa shape index (κ2) is 24.8. The van der Waals surface area contributed by atoms with Crippen molar-refractivity contribution in [2.24, 2.45) is 0 Å². The summed E-state index contributed by atoms with van der Waals surface area (Å²) in [5.41, 5.74) is -2.01. The molecule has 12 nitrogen and oxygen atoms in total. The van der Waals surface area contributed by atoms with Gasteiger partial charge < -0.3 is 28.7 Å². The molecule has 1 aromatic rings. The van der Waals surface area contributed by atoms with Crippen molar-refractivity contribution in [2.75, 3.05) is 26.3 Å². The molecule has 1 amide bonds. The van der Waals surface area contributed by atoms with Crippen molar-refractivity contribution in [2.45, 2.75) is 187 Å². The van der Waals surface area contributed by atoms with Gasteiger partial charge in [0, 0.05) is 24.7 Å². The molecular formula is C41H68N5O7P.